The van der Waals surface area contributed by atoms with Crippen molar-refractivity contribution in [2.24, 2.45) is 0 Å². The summed E-state index contributed by atoms with van der Waals surface area (Å²) in [6, 6.07) is 16.8. The van der Waals surface area contributed by atoms with Crippen molar-refractivity contribution in [3.8, 4) is 33.9 Å². The van der Waals surface area contributed by atoms with Crippen molar-refractivity contribution in [1.29, 1.82) is 0 Å². The van der Waals surface area contributed by atoms with Crippen LogP contribution in [0.15, 0.2) is 71.9 Å². The monoisotopic (exact) mass is 444 g/mol. The zero-order chi connectivity index (χ0) is 22.3. The number of aromatic nitrogens is 4. The summed E-state index contributed by atoms with van der Waals surface area (Å²) in [6.07, 6.45) is 7.05. The predicted molar refractivity (Wildman–Crippen MR) is 125 cm³/mol. The van der Waals surface area contributed by atoms with Gasteiger partial charge in [-0.2, -0.15) is 0 Å². The molecule has 0 unspecified atom stereocenters. The van der Waals surface area contributed by atoms with Gasteiger partial charge in [-0.15, -0.1) is 0 Å². The first-order valence-electron chi connectivity index (χ1n) is 10.7. The van der Waals surface area contributed by atoms with E-state index in [2.05, 4.69) is 21.5 Å². The Labute approximate surface area is 187 Å². The van der Waals surface area contributed by atoms with Crippen molar-refractivity contribution in [3.63, 3.8) is 0 Å². The topological polar surface area (TPSA) is 77.7 Å². The van der Waals surface area contributed by atoms with Crippen LogP contribution in [0.4, 0.5) is 0 Å². The molecule has 0 N–H and O–H groups in total. The van der Waals surface area contributed by atoms with Gasteiger partial charge in [0.1, 0.15) is 11.5 Å². The fourth-order valence-corrected chi connectivity index (χ4v) is 4.97. The lowest BCUT2D eigenvalue weighted by molar-refractivity contribution is 0.466. The third-order valence-corrected chi connectivity index (χ3v) is 7.10. The van der Waals surface area contributed by atoms with E-state index in [1.54, 1.807) is 36.7 Å². The van der Waals surface area contributed by atoms with E-state index in [0.29, 0.717) is 10.8 Å². The number of rotatable bonds is 4. The number of nitrogens with zero attached hydrogens (tertiary/aromatic N) is 4. The highest BCUT2D eigenvalue weighted by molar-refractivity contribution is 7.90. The van der Waals surface area contributed by atoms with Gasteiger partial charge in [0, 0.05) is 42.2 Å². The van der Waals surface area contributed by atoms with Crippen molar-refractivity contribution in [2.45, 2.75) is 37.1 Å². The molecule has 0 radical (unpaired) electrons. The molecular weight excluding hydrogens is 420 g/mol. The van der Waals surface area contributed by atoms with Crippen LogP contribution in [0.5, 0.6) is 0 Å². The maximum Gasteiger partial charge on any atom is 0.175 e. The van der Waals surface area contributed by atoms with Gasteiger partial charge in [-0.05, 0) is 49.2 Å². The second-order valence-corrected chi connectivity index (χ2v) is 10.3. The SMILES string of the molecule is C[C@H]1CCCn2c1nc(-c1ccccn1)c2-c1ccnc(-c2ccc(S(C)(=O)=O)cc2)c1. The number of fused-ring (bicyclic) bond motifs is 1. The summed E-state index contributed by atoms with van der Waals surface area (Å²) < 4.78 is 25.9. The molecule has 32 heavy (non-hydrogen) atoms. The molecule has 1 aliphatic rings. The van der Waals surface area contributed by atoms with E-state index in [-0.39, 0.29) is 0 Å². The van der Waals surface area contributed by atoms with Gasteiger partial charge in [0.2, 0.25) is 0 Å². The minimum absolute atomic E-state index is 0.300. The van der Waals surface area contributed by atoms with E-state index in [1.807, 2.05) is 30.3 Å². The van der Waals surface area contributed by atoms with E-state index in [0.717, 1.165) is 59.1 Å². The molecule has 4 heterocycles. The first kappa shape index (κ1) is 20.6. The molecule has 1 aliphatic heterocycles. The largest absolute Gasteiger partial charge is 0.327 e. The molecule has 3 aromatic heterocycles. The van der Waals surface area contributed by atoms with E-state index < -0.39 is 9.84 Å². The Morgan fingerprint density at radius 2 is 1.72 bits per heavy atom. The van der Waals surface area contributed by atoms with E-state index in [9.17, 15) is 8.42 Å². The molecule has 1 atom stereocenters. The summed E-state index contributed by atoms with van der Waals surface area (Å²) in [5, 5.41) is 0. The third kappa shape index (κ3) is 3.73. The zero-order valence-corrected chi connectivity index (χ0v) is 18.9. The van der Waals surface area contributed by atoms with Crippen LogP contribution in [-0.4, -0.2) is 34.2 Å². The first-order valence-corrected chi connectivity index (χ1v) is 12.6. The number of sulfone groups is 1. The molecule has 5 rings (SSSR count). The third-order valence-electron chi connectivity index (χ3n) is 5.98. The Hall–Kier alpha value is -3.32. The second kappa shape index (κ2) is 7.98. The molecule has 0 saturated heterocycles. The van der Waals surface area contributed by atoms with Gasteiger partial charge in [0.15, 0.2) is 9.84 Å². The van der Waals surface area contributed by atoms with Crippen LogP contribution in [0.3, 0.4) is 0 Å². The first-order chi connectivity index (χ1) is 15.4. The van der Waals surface area contributed by atoms with Crippen LogP contribution in [0.2, 0.25) is 0 Å². The van der Waals surface area contributed by atoms with E-state index >= 15 is 0 Å². The molecule has 4 aromatic rings. The molecule has 0 saturated carbocycles. The van der Waals surface area contributed by atoms with E-state index in [4.69, 9.17) is 4.98 Å². The van der Waals surface area contributed by atoms with Crippen LogP contribution < -0.4 is 0 Å². The average molecular weight is 445 g/mol. The smallest absolute Gasteiger partial charge is 0.175 e. The summed E-state index contributed by atoms with van der Waals surface area (Å²) in [7, 11) is -3.24. The molecule has 0 fully saturated rings. The summed E-state index contributed by atoms with van der Waals surface area (Å²) in [4.78, 5) is 14.4. The summed E-state index contributed by atoms with van der Waals surface area (Å²) in [6.45, 7) is 3.15. The maximum absolute atomic E-state index is 11.8. The van der Waals surface area contributed by atoms with Gasteiger partial charge in [-0.3, -0.25) is 9.97 Å². The molecule has 0 spiro atoms. The standard InChI is InChI=1S/C25H24N4O2S/c1-17-6-5-15-29-24(23(28-25(17)29)21-7-3-4-13-26-21)19-12-14-27-22(16-19)18-8-10-20(11-9-18)32(2,30)31/h3-4,7-14,16-17H,5-6,15H2,1-2H3/t17-/m0/s1. The van der Waals surface area contributed by atoms with Crippen LogP contribution in [0, 0.1) is 0 Å². The van der Waals surface area contributed by atoms with Crippen molar-refractivity contribution in [3.05, 3.63) is 72.8 Å². The molecule has 6 nitrogen and oxygen atoms in total. The Bertz CT molecular complexity index is 1380. The number of benzene rings is 1. The fraction of sp³-hybridized carbons (Fsp3) is 0.240. The van der Waals surface area contributed by atoms with Crippen molar-refractivity contribution >= 4 is 9.84 Å². The summed E-state index contributed by atoms with van der Waals surface area (Å²) in [5.41, 5.74) is 5.48. The van der Waals surface area contributed by atoms with Crippen LogP contribution in [-0.2, 0) is 16.4 Å². The normalized spacial score (nSPS) is 16.0. The van der Waals surface area contributed by atoms with Crippen molar-refractivity contribution in [1.82, 2.24) is 19.5 Å². The molecule has 162 valence electrons. The Morgan fingerprint density at radius 3 is 2.44 bits per heavy atom. The minimum atomic E-state index is -3.24. The minimum Gasteiger partial charge on any atom is -0.327 e. The number of imidazole rings is 1. The highest BCUT2D eigenvalue weighted by Crippen LogP contribution is 2.38. The number of hydrogen-bond donors (Lipinski definition) is 0. The van der Waals surface area contributed by atoms with Crippen LogP contribution >= 0.6 is 0 Å². The molecule has 0 bridgehead atoms. The lowest BCUT2D eigenvalue weighted by Gasteiger charge is -2.22. The average Bonchev–Trinajstić information content (AvgIpc) is 3.20. The lowest BCUT2D eigenvalue weighted by atomic mass is 10.0. The fourth-order valence-electron chi connectivity index (χ4n) is 4.34. The molecule has 1 aromatic carbocycles. The van der Waals surface area contributed by atoms with Gasteiger partial charge >= 0.3 is 0 Å². The van der Waals surface area contributed by atoms with Crippen molar-refractivity contribution in [2.75, 3.05) is 6.26 Å². The van der Waals surface area contributed by atoms with Crippen LogP contribution in [0.25, 0.3) is 33.9 Å². The Morgan fingerprint density at radius 1 is 0.938 bits per heavy atom. The number of pyridine rings is 2. The van der Waals surface area contributed by atoms with Gasteiger partial charge < -0.3 is 4.57 Å². The van der Waals surface area contributed by atoms with Gasteiger partial charge in [0.25, 0.3) is 0 Å². The van der Waals surface area contributed by atoms with Crippen LogP contribution in [0.1, 0.15) is 31.5 Å². The molecular formula is C25H24N4O2S. The second-order valence-electron chi connectivity index (χ2n) is 8.30. The quantitative estimate of drug-likeness (QED) is 0.444. The van der Waals surface area contributed by atoms with Gasteiger partial charge in [0.05, 0.1) is 22.0 Å². The van der Waals surface area contributed by atoms with E-state index in [1.165, 1.54) is 6.26 Å². The lowest BCUT2D eigenvalue weighted by Crippen LogP contribution is -2.14. The Kier molecular flexibility index (Phi) is 5.13. The summed E-state index contributed by atoms with van der Waals surface area (Å²) in [5.74, 6) is 1.49. The number of hydrogen-bond acceptors (Lipinski definition) is 5. The van der Waals surface area contributed by atoms with Gasteiger partial charge in [-0.1, -0.05) is 25.1 Å². The molecule has 0 amide bonds. The zero-order valence-electron chi connectivity index (χ0n) is 18.1. The van der Waals surface area contributed by atoms with Crippen molar-refractivity contribution < 1.29 is 8.42 Å². The summed E-state index contributed by atoms with van der Waals surface area (Å²) >= 11 is 0. The maximum atomic E-state index is 11.8. The molecule has 0 aliphatic carbocycles. The molecule has 7 heteroatoms. The Balaban J connectivity index is 1.64. The highest BCUT2D eigenvalue weighted by atomic mass is 32.2. The highest BCUT2D eigenvalue weighted by Gasteiger charge is 2.26. The van der Waals surface area contributed by atoms with Gasteiger partial charge in [-0.25, -0.2) is 13.4 Å². The predicted octanol–water partition coefficient (Wildman–Crippen LogP) is 4.97.